The molecule has 0 heterocycles. The maximum absolute atomic E-state index is 5.92. The van der Waals surface area contributed by atoms with Crippen LogP contribution in [0.4, 0.5) is 11.4 Å². The van der Waals surface area contributed by atoms with E-state index < -0.39 is 0 Å². The van der Waals surface area contributed by atoms with Gasteiger partial charge in [-0.1, -0.05) is 18.2 Å². The van der Waals surface area contributed by atoms with Crippen LogP contribution in [0.15, 0.2) is 42.5 Å². The third-order valence-electron chi connectivity index (χ3n) is 3.42. The summed E-state index contributed by atoms with van der Waals surface area (Å²) in [6.45, 7) is 5.64. The van der Waals surface area contributed by atoms with Gasteiger partial charge >= 0.3 is 0 Å². The second-order valence-corrected chi connectivity index (χ2v) is 5.08. The third kappa shape index (κ3) is 3.44. The van der Waals surface area contributed by atoms with Crippen molar-refractivity contribution in [3.8, 4) is 5.75 Å². The van der Waals surface area contributed by atoms with Crippen LogP contribution >= 0.6 is 0 Å². The molecule has 0 aliphatic carbocycles. The Morgan fingerprint density at radius 2 is 1.60 bits per heavy atom. The number of hydrogen-bond acceptors (Lipinski definition) is 3. The zero-order chi connectivity index (χ0) is 14.5. The Morgan fingerprint density at radius 1 is 1.00 bits per heavy atom. The molecule has 0 spiro atoms. The SMILES string of the molecule is Cc1cccc(C)c1OCCN(C)c1ccc(N)cc1. The first-order chi connectivity index (χ1) is 9.58. The van der Waals surface area contributed by atoms with E-state index >= 15 is 0 Å². The number of likely N-dealkylation sites (N-methyl/N-ethyl adjacent to an activating group) is 1. The van der Waals surface area contributed by atoms with Crippen LogP contribution in [0.5, 0.6) is 5.75 Å². The highest BCUT2D eigenvalue weighted by Crippen LogP contribution is 2.22. The van der Waals surface area contributed by atoms with Gasteiger partial charge in [0, 0.05) is 18.4 Å². The summed E-state index contributed by atoms with van der Waals surface area (Å²) < 4.78 is 5.92. The van der Waals surface area contributed by atoms with Gasteiger partial charge in [0.15, 0.2) is 0 Å². The molecule has 0 unspecified atom stereocenters. The first-order valence-corrected chi connectivity index (χ1v) is 6.83. The van der Waals surface area contributed by atoms with Gasteiger partial charge in [-0.25, -0.2) is 0 Å². The average Bonchev–Trinajstić information content (AvgIpc) is 2.42. The van der Waals surface area contributed by atoms with Crippen molar-refractivity contribution in [2.75, 3.05) is 30.8 Å². The Kier molecular flexibility index (Phi) is 4.51. The van der Waals surface area contributed by atoms with Gasteiger partial charge in [0.25, 0.3) is 0 Å². The first kappa shape index (κ1) is 14.3. The molecule has 2 N–H and O–H groups in total. The molecule has 3 heteroatoms. The molecule has 3 nitrogen and oxygen atoms in total. The molecule has 20 heavy (non-hydrogen) atoms. The normalized spacial score (nSPS) is 10.3. The van der Waals surface area contributed by atoms with E-state index in [1.807, 2.05) is 24.3 Å². The Hall–Kier alpha value is -2.16. The summed E-state index contributed by atoms with van der Waals surface area (Å²) >= 11 is 0. The topological polar surface area (TPSA) is 38.5 Å². The lowest BCUT2D eigenvalue weighted by Gasteiger charge is -2.20. The number of hydrogen-bond donors (Lipinski definition) is 1. The lowest BCUT2D eigenvalue weighted by Crippen LogP contribution is -2.24. The summed E-state index contributed by atoms with van der Waals surface area (Å²) in [5.74, 6) is 0.998. The molecule has 0 bridgehead atoms. The summed E-state index contributed by atoms with van der Waals surface area (Å²) in [4.78, 5) is 2.16. The van der Waals surface area contributed by atoms with Crippen LogP contribution in [0.1, 0.15) is 11.1 Å². The number of nitrogens with two attached hydrogens (primary N) is 1. The summed E-state index contributed by atoms with van der Waals surface area (Å²) in [5, 5.41) is 0. The van der Waals surface area contributed by atoms with Gasteiger partial charge in [0.05, 0.1) is 6.54 Å². The van der Waals surface area contributed by atoms with Crippen molar-refractivity contribution in [1.29, 1.82) is 0 Å². The number of aryl methyl sites for hydroxylation is 2. The molecular weight excluding hydrogens is 248 g/mol. The van der Waals surface area contributed by atoms with Crippen molar-refractivity contribution in [3.05, 3.63) is 53.6 Å². The second kappa shape index (κ2) is 6.33. The van der Waals surface area contributed by atoms with Crippen molar-refractivity contribution >= 4 is 11.4 Å². The van der Waals surface area contributed by atoms with Crippen LogP contribution in [0.2, 0.25) is 0 Å². The molecule has 0 aromatic heterocycles. The second-order valence-electron chi connectivity index (χ2n) is 5.08. The van der Waals surface area contributed by atoms with Crippen LogP contribution in [-0.2, 0) is 0 Å². The molecule has 2 aromatic carbocycles. The third-order valence-corrected chi connectivity index (χ3v) is 3.42. The Morgan fingerprint density at radius 3 is 2.20 bits per heavy atom. The number of rotatable bonds is 5. The van der Waals surface area contributed by atoms with E-state index in [0.717, 1.165) is 23.7 Å². The summed E-state index contributed by atoms with van der Waals surface area (Å²) in [5.41, 5.74) is 9.98. The van der Waals surface area contributed by atoms with Crippen molar-refractivity contribution in [2.24, 2.45) is 0 Å². The minimum absolute atomic E-state index is 0.659. The molecule has 0 aliphatic rings. The van der Waals surface area contributed by atoms with Crippen LogP contribution in [0.3, 0.4) is 0 Å². The highest BCUT2D eigenvalue weighted by molar-refractivity contribution is 5.52. The fourth-order valence-electron chi connectivity index (χ4n) is 2.17. The summed E-state index contributed by atoms with van der Waals surface area (Å²) in [6.07, 6.45) is 0. The molecule has 0 aliphatic heterocycles. The van der Waals surface area contributed by atoms with Gasteiger partial charge in [-0.3, -0.25) is 0 Å². The Labute approximate surface area is 121 Å². The van der Waals surface area contributed by atoms with E-state index in [1.54, 1.807) is 0 Å². The van der Waals surface area contributed by atoms with Crippen molar-refractivity contribution in [2.45, 2.75) is 13.8 Å². The molecule has 2 aromatic rings. The lowest BCUT2D eigenvalue weighted by molar-refractivity contribution is 0.321. The van der Waals surface area contributed by atoms with E-state index in [4.69, 9.17) is 10.5 Å². The molecule has 106 valence electrons. The molecule has 0 fully saturated rings. The first-order valence-electron chi connectivity index (χ1n) is 6.83. The zero-order valence-electron chi connectivity index (χ0n) is 12.4. The van der Waals surface area contributed by atoms with E-state index in [2.05, 4.69) is 44.0 Å². The predicted octanol–water partition coefficient (Wildman–Crippen LogP) is 3.40. The van der Waals surface area contributed by atoms with E-state index in [1.165, 1.54) is 11.1 Å². The smallest absolute Gasteiger partial charge is 0.125 e. The number of nitrogen functional groups attached to an aromatic ring is 1. The van der Waals surface area contributed by atoms with Crippen molar-refractivity contribution in [3.63, 3.8) is 0 Å². The highest BCUT2D eigenvalue weighted by atomic mass is 16.5. The fourth-order valence-corrected chi connectivity index (χ4v) is 2.17. The van der Waals surface area contributed by atoms with E-state index in [-0.39, 0.29) is 0 Å². The van der Waals surface area contributed by atoms with Crippen LogP contribution in [-0.4, -0.2) is 20.2 Å². The van der Waals surface area contributed by atoms with Gasteiger partial charge in [0.1, 0.15) is 12.4 Å². The number of para-hydroxylation sites is 1. The quantitative estimate of drug-likeness (QED) is 0.846. The maximum atomic E-state index is 5.92. The molecule has 2 rings (SSSR count). The lowest BCUT2D eigenvalue weighted by atomic mass is 10.1. The molecule has 0 saturated carbocycles. The van der Waals surface area contributed by atoms with Gasteiger partial charge in [0.2, 0.25) is 0 Å². The van der Waals surface area contributed by atoms with Gasteiger partial charge in [-0.15, -0.1) is 0 Å². The van der Waals surface area contributed by atoms with Crippen molar-refractivity contribution in [1.82, 2.24) is 0 Å². The number of nitrogens with zero attached hydrogens (tertiary/aromatic N) is 1. The predicted molar refractivity (Wildman–Crippen MR) is 85.5 cm³/mol. The van der Waals surface area contributed by atoms with E-state index in [9.17, 15) is 0 Å². The molecular formula is C17H22N2O. The fraction of sp³-hybridized carbons (Fsp3) is 0.294. The Bertz CT molecular complexity index is 543. The largest absolute Gasteiger partial charge is 0.491 e. The van der Waals surface area contributed by atoms with Crippen LogP contribution in [0, 0.1) is 13.8 Å². The van der Waals surface area contributed by atoms with Gasteiger partial charge in [-0.05, 0) is 49.2 Å². The number of benzene rings is 2. The zero-order valence-corrected chi connectivity index (χ0v) is 12.4. The van der Waals surface area contributed by atoms with Gasteiger partial charge in [-0.2, -0.15) is 0 Å². The molecule has 0 radical (unpaired) electrons. The van der Waals surface area contributed by atoms with E-state index in [0.29, 0.717) is 6.61 Å². The van der Waals surface area contributed by atoms with Gasteiger partial charge < -0.3 is 15.4 Å². The summed E-state index contributed by atoms with van der Waals surface area (Å²) in [7, 11) is 2.06. The van der Waals surface area contributed by atoms with Crippen molar-refractivity contribution < 1.29 is 4.74 Å². The molecule has 0 amide bonds. The Balaban J connectivity index is 1.91. The maximum Gasteiger partial charge on any atom is 0.125 e. The monoisotopic (exact) mass is 270 g/mol. The average molecular weight is 270 g/mol. The highest BCUT2D eigenvalue weighted by Gasteiger charge is 2.05. The number of anilines is 2. The van der Waals surface area contributed by atoms with Crippen LogP contribution < -0.4 is 15.4 Å². The van der Waals surface area contributed by atoms with Crippen LogP contribution in [0.25, 0.3) is 0 Å². The molecule has 0 saturated heterocycles. The summed E-state index contributed by atoms with van der Waals surface area (Å²) in [6, 6.07) is 14.1. The minimum Gasteiger partial charge on any atom is -0.491 e. The minimum atomic E-state index is 0.659. The number of ether oxygens (including phenoxy) is 1. The standard InChI is InChI=1S/C17H22N2O/c1-13-5-4-6-14(2)17(13)20-12-11-19(3)16-9-7-15(18)8-10-16/h4-10H,11-12,18H2,1-3H3. The molecule has 0 atom stereocenters.